The highest BCUT2D eigenvalue weighted by molar-refractivity contribution is 5.41. The Balaban J connectivity index is 1.98. The Hall–Kier alpha value is -1.22. The quantitative estimate of drug-likeness (QED) is 0.824. The molecule has 0 unspecified atom stereocenters. The first-order valence-corrected chi connectivity index (χ1v) is 6.33. The molecule has 0 atom stereocenters. The molecule has 17 heavy (non-hydrogen) atoms. The maximum atomic E-state index is 9.61. The van der Waals surface area contributed by atoms with Gasteiger partial charge in [0.1, 0.15) is 0 Å². The Morgan fingerprint density at radius 1 is 1.41 bits per heavy atom. The van der Waals surface area contributed by atoms with Gasteiger partial charge in [0.05, 0.1) is 6.61 Å². The fourth-order valence-electron chi connectivity index (χ4n) is 2.14. The van der Waals surface area contributed by atoms with Crippen LogP contribution in [0.1, 0.15) is 38.7 Å². The number of hydrogen-bond acceptors (Lipinski definition) is 3. The zero-order valence-electron chi connectivity index (χ0n) is 10.6. The zero-order valence-corrected chi connectivity index (χ0v) is 10.6. The van der Waals surface area contributed by atoms with Crippen LogP contribution in [0.3, 0.4) is 0 Å². The van der Waals surface area contributed by atoms with Crippen LogP contribution in [0, 0.1) is 0 Å². The molecule has 1 aliphatic rings. The standard InChI is InChI=1S/C14H21NO2/c1-3-17-13-9-11(5-6-12(13)16)10-15-14(2)7-4-8-14/h5-6,9,15-16H,3-4,7-8,10H2,1-2H3. The largest absolute Gasteiger partial charge is 0.504 e. The summed E-state index contributed by atoms with van der Waals surface area (Å²) in [5.74, 6) is 0.788. The maximum absolute atomic E-state index is 9.61. The molecule has 94 valence electrons. The van der Waals surface area contributed by atoms with Gasteiger partial charge in [0.25, 0.3) is 0 Å². The SMILES string of the molecule is CCOc1cc(CNC2(C)CCC2)ccc1O. The lowest BCUT2D eigenvalue weighted by Crippen LogP contribution is -2.47. The van der Waals surface area contributed by atoms with Gasteiger partial charge in [-0.25, -0.2) is 0 Å². The number of phenolic OH excluding ortho intramolecular Hbond substituents is 1. The second-order valence-electron chi connectivity index (χ2n) is 5.00. The number of benzene rings is 1. The number of ether oxygens (including phenoxy) is 1. The molecule has 2 rings (SSSR count). The average Bonchev–Trinajstić information content (AvgIpc) is 2.28. The van der Waals surface area contributed by atoms with Crippen molar-refractivity contribution in [3.63, 3.8) is 0 Å². The van der Waals surface area contributed by atoms with Gasteiger partial charge in [-0.1, -0.05) is 6.07 Å². The minimum absolute atomic E-state index is 0.213. The molecule has 3 heteroatoms. The van der Waals surface area contributed by atoms with Gasteiger partial charge in [-0.3, -0.25) is 0 Å². The summed E-state index contributed by atoms with van der Waals surface area (Å²) in [6.45, 7) is 5.58. The molecule has 1 aliphatic carbocycles. The van der Waals surface area contributed by atoms with Gasteiger partial charge >= 0.3 is 0 Å². The third-order valence-corrected chi connectivity index (χ3v) is 3.50. The molecule has 1 saturated carbocycles. The first-order chi connectivity index (χ1) is 8.13. The third-order valence-electron chi connectivity index (χ3n) is 3.50. The molecule has 0 saturated heterocycles. The van der Waals surface area contributed by atoms with Crippen molar-refractivity contribution in [3.05, 3.63) is 23.8 Å². The van der Waals surface area contributed by atoms with Crippen molar-refractivity contribution in [2.75, 3.05) is 6.61 Å². The highest BCUT2D eigenvalue weighted by Gasteiger charge is 2.30. The van der Waals surface area contributed by atoms with E-state index in [1.807, 2.05) is 19.1 Å². The first kappa shape index (κ1) is 12.2. The van der Waals surface area contributed by atoms with Crippen LogP contribution in [0.2, 0.25) is 0 Å². The van der Waals surface area contributed by atoms with Crippen LogP contribution >= 0.6 is 0 Å². The summed E-state index contributed by atoms with van der Waals surface area (Å²) in [6.07, 6.45) is 3.83. The van der Waals surface area contributed by atoms with Crippen molar-refractivity contribution in [2.24, 2.45) is 0 Å². The summed E-state index contributed by atoms with van der Waals surface area (Å²) >= 11 is 0. The molecule has 0 spiro atoms. The molecule has 0 amide bonds. The molecule has 1 aromatic carbocycles. The Morgan fingerprint density at radius 2 is 2.18 bits per heavy atom. The van der Waals surface area contributed by atoms with Crippen LogP contribution in [0.25, 0.3) is 0 Å². The number of hydrogen-bond donors (Lipinski definition) is 2. The van der Waals surface area contributed by atoms with Crippen LogP contribution < -0.4 is 10.1 Å². The average molecular weight is 235 g/mol. The summed E-state index contributed by atoms with van der Waals surface area (Å²) in [6, 6.07) is 5.55. The molecular weight excluding hydrogens is 214 g/mol. The van der Waals surface area contributed by atoms with E-state index in [2.05, 4.69) is 12.2 Å². The molecular formula is C14H21NO2. The highest BCUT2D eigenvalue weighted by atomic mass is 16.5. The van der Waals surface area contributed by atoms with Crippen LogP contribution in [-0.4, -0.2) is 17.3 Å². The predicted molar refractivity (Wildman–Crippen MR) is 68.4 cm³/mol. The fourth-order valence-corrected chi connectivity index (χ4v) is 2.14. The van der Waals surface area contributed by atoms with E-state index in [4.69, 9.17) is 4.74 Å². The van der Waals surface area contributed by atoms with Crippen molar-refractivity contribution in [3.8, 4) is 11.5 Å². The van der Waals surface area contributed by atoms with E-state index in [1.165, 1.54) is 19.3 Å². The number of nitrogens with one attached hydrogen (secondary N) is 1. The summed E-state index contributed by atoms with van der Waals surface area (Å²) in [5.41, 5.74) is 1.46. The van der Waals surface area contributed by atoms with Crippen LogP contribution in [0.5, 0.6) is 11.5 Å². The van der Waals surface area contributed by atoms with E-state index in [-0.39, 0.29) is 5.75 Å². The van der Waals surface area contributed by atoms with Crippen molar-refractivity contribution in [1.29, 1.82) is 0 Å². The smallest absolute Gasteiger partial charge is 0.161 e. The van der Waals surface area contributed by atoms with Gasteiger partial charge in [0, 0.05) is 12.1 Å². The van der Waals surface area contributed by atoms with E-state index in [0.717, 1.165) is 12.1 Å². The summed E-state index contributed by atoms with van der Waals surface area (Å²) in [5, 5.41) is 13.2. The second-order valence-corrected chi connectivity index (χ2v) is 5.00. The monoisotopic (exact) mass is 235 g/mol. The fraction of sp³-hybridized carbons (Fsp3) is 0.571. The van der Waals surface area contributed by atoms with Crippen molar-refractivity contribution in [1.82, 2.24) is 5.32 Å². The zero-order chi connectivity index (χ0) is 12.3. The second kappa shape index (κ2) is 4.96. The minimum Gasteiger partial charge on any atom is -0.504 e. The molecule has 0 aliphatic heterocycles. The third kappa shape index (κ3) is 2.91. The van der Waals surface area contributed by atoms with Crippen LogP contribution in [0.15, 0.2) is 18.2 Å². The normalized spacial score (nSPS) is 17.5. The molecule has 0 heterocycles. The molecule has 3 nitrogen and oxygen atoms in total. The van der Waals surface area contributed by atoms with Gasteiger partial charge in [-0.15, -0.1) is 0 Å². The van der Waals surface area contributed by atoms with Gasteiger partial charge < -0.3 is 15.2 Å². The predicted octanol–water partition coefficient (Wildman–Crippen LogP) is 2.82. The van der Waals surface area contributed by atoms with E-state index in [9.17, 15) is 5.11 Å². The van der Waals surface area contributed by atoms with Crippen LogP contribution in [0.4, 0.5) is 0 Å². The summed E-state index contributed by atoms with van der Waals surface area (Å²) in [7, 11) is 0. The van der Waals surface area contributed by atoms with Crippen molar-refractivity contribution >= 4 is 0 Å². The van der Waals surface area contributed by atoms with E-state index < -0.39 is 0 Å². The molecule has 0 bridgehead atoms. The van der Waals surface area contributed by atoms with Crippen LogP contribution in [-0.2, 0) is 6.54 Å². The Bertz CT molecular complexity index is 386. The molecule has 2 N–H and O–H groups in total. The van der Waals surface area contributed by atoms with Crippen molar-refractivity contribution in [2.45, 2.75) is 45.2 Å². The number of aromatic hydroxyl groups is 1. The lowest BCUT2D eigenvalue weighted by atomic mass is 9.78. The topological polar surface area (TPSA) is 41.5 Å². The van der Waals surface area contributed by atoms with E-state index in [1.54, 1.807) is 6.07 Å². The maximum Gasteiger partial charge on any atom is 0.161 e. The lowest BCUT2D eigenvalue weighted by Gasteiger charge is -2.39. The Morgan fingerprint density at radius 3 is 2.76 bits per heavy atom. The van der Waals surface area contributed by atoms with Gasteiger partial charge in [-0.05, 0) is 50.8 Å². The molecule has 1 aromatic rings. The molecule has 0 aromatic heterocycles. The molecule has 0 radical (unpaired) electrons. The lowest BCUT2D eigenvalue weighted by molar-refractivity contribution is 0.206. The Labute approximate surface area is 103 Å². The van der Waals surface area contributed by atoms with E-state index in [0.29, 0.717) is 17.9 Å². The summed E-state index contributed by atoms with van der Waals surface area (Å²) < 4.78 is 5.37. The molecule has 1 fully saturated rings. The van der Waals surface area contributed by atoms with Crippen molar-refractivity contribution < 1.29 is 9.84 Å². The first-order valence-electron chi connectivity index (χ1n) is 6.33. The summed E-state index contributed by atoms with van der Waals surface area (Å²) in [4.78, 5) is 0. The van der Waals surface area contributed by atoms with Gasteiger partial charge in [0.2, 0.25) is 0 Å². The highest BCUT2D eigenvalue weighted by Crippen LogP contribution is 2.32. The Kier molecular flexibility index (Phi) is 3.57. The number of phenols is 1. The van der Waals surface area contributed by atoms with Gasteiger partial charge in [-0.2, -0.15) is 0 Å². The van der Waals surface area contributed by atoms with E-state index >= 15 is 0 Å². The number of rotatable bonds is 5. The van der Waals surface area contributed by atoms with Gasteiger partial charge in [0.15, 0.2) is 11.5 Å². The minimum atomic E-state index is 0.213.